The molecular weight excluding hydrogens is 292 g/mol. The Morgan fingerprint density at radius 2 is 2.10 bits per heavy atom. The van der Waals surface area contributed by atoms with Crippen molar-refractivity contribution in [3.63, 3.8) is 0 Å². The standard InChI is InChI=1S/C14H14N2O2S2/c1-18-11-7-12(20-8-11)14(17)16-10-4-2-9(3-5-10)6-13(15)19/h2-5,7-8H,6H2,1H3,(H2,15,19)(H,16,17). The van der Waals surface area contributed by atoms with Crippen LogP contribution in [0.3, 0.4) is 0 Å². The summed E-state index contributed by atoms with van der Waals surface area (Å²) in [5.41, 5.74) is 7.24. The van der Waals surface area contributed by atoms with Gasteiger partial charge >= 0.3 is 0 Å². The molecule has 4 nitrogen and oxygen atoms in total. The summed E-state index contributed by atoms with van der Waals surface area (Å²) < 4.78 is 5.05. The van der Waals surface area contributed by atoms with Crippen LogP contribution >= 0.6 is 23.6 Å². The van der Waals surface area contributed by atoms with Crippen molar-refractivity contribution >= 4 is 40.1 Å². The molecule has 1 amide bonds. The zero-order valence-electron chi connectivity index (χ0n) is 10.9. The molecule has 6 heteroatoms. The molecule has 1 heterocycles. The Morgan fingerprint density at radius 1 is 1.40 bits per heavy atom. The Kier molecular flexibility index (Phi) is 4.70. The molecule has 2 aromatic rings. The first-order chi connectivity index (χ1) is 9.58. The number of rotatable bonds is 5. The topological polar surface area (TPSA) is 64.3 Å². The van der Waals surface area contributed by atoms with Gasteiger partial charge in [0, 0.05) is 23.6 Å². The van der Waals surface area contributed by atoms with Crippen LogP contribution < -0.4 is 15.8 Å². The fraction of sp³-hybridized carbons (Fsp3) is 0.143. The van der Waals surface area contributed by atoms with Crippen LogP contribution in [0.25, 0.3) is 0 Å². The number of nitrogens with one attached hydrogen (secondary N) is 1. The number of nitrogens with two attached hydrogens (primary N) is 1. The lowest BCUT2D eigenvalue weighted by Gasteiger charge is -2.05. The summed E-state index contributed by atoms with van der Waals surface area (Å²) in [5.74, 6) is 0.535. The number of ether oxygens (including phenoxy) is 1. The van der Waals surface area contributed by atoms with Crippen LogP contribution in [0.5, 0.6) is 5.75 Å². The molecule has 0 unspecified atom stereocenters. The van der Waals surface area contributed by atoms with Crippen molar-refractivity contribution in [3.8, 4) is 5.75 Å². The van der Waals surface area contributed by atoms with Crippen molar-refractivity contribution in [1.29, 1.82) is 0 Å². The third-order valence-corrected chi connectivity index (χ3v) is 3.68. The van der Waals surface area contributed by atoms with Crippen molar-refractivity contribution in [2.75, 3.05) is 12.4 Å². The SMILES string of the molecule is COc1csc(C(=O)Nc2ccc(CC(N)=S)cc2)c1. The molecule has 1 aromatic heterocycles. The zero-order chi connectivity index (χ0) is 14.5. The number of benzene rings is 1. The highest BCUT2D eigenvalue weighted by Crippen LogP contribution is 2.22. The van der Waals surface area contributed by atoms with Gasteiger partial charge in [-0.05, 0) is 17.7 Å². The molecule has 0 fully saturated rings. The average Bonchev–Trinajstić information content (AvgIpc) is 2.89. The molecule has 1 aromatic carbocycles. The Morgan fingerprint density at radius 3 is 2.65 bits per heavy atom. The van der Waals surface area contributed by atoms with Crippen molar-refractivity contribution < 1.29 is 9.53 Å². The van der Waals surface area contributed by atoms with E-state index in [0.29, 0.717) is 22.0 Å². The Balaban J connectivity index is 2.02. The Labute approximate surface area is 126 Å². The van der Waals surface area contributed by atoms with Gasteiger partial charge in [0.2, 0.25) is 0 Å². The van der Waals surface area contributed by atoms with Crippen LogP contribution in [-0.2, 0) is 6.42 Å². The third kappa shape index (κ3) is 3.79. The van der Waals surface area contributed by atoms with Crippen LogP contribution in [0, 0.1) is 0 Å². The van der Waals surface area contributed by atoms with Crippen LogP contribution in [0.2, 0.25) is 0 Å². The lowest BCUT2D eigenvalue weighted by molar-refractivity contribution is 0.103. The van der Waals surface area contributed by atoms with E-state index in [9.17, 15) is 4.79 Å². The number of thiophene rings is 1. The smallest absolute Gasteiger partial charge is 0.265 e. The Hall–Kier alpha value is -1.92. The highest BCUT2D eigenvalue weighted by atomic mass is 32.1. The van der Waals surface area contributed by atoms with E-state index in [1.54, 1.807) is 18.6 Å². The maximum atomic E-state index is 12.0. The van der Waals surface area contributed by atoms with E-state index in [-0.39, 0.29) is 5.91 Å². The molecule has 0 saturated carbocycles. The van der Waals surface area contributed by atoms with Gasteiger partial charge in [0.15, 0.2) is 0 Å². The molecular formula is C14H14N2O2S2. The molecule has 20 heavy (non-hydrogen) atoms. The number of hydrogen-bond acceptors (Lipinski definition) is 4. The molecule has 0 spiro atoms. The zero-order valence-corrected chi connectivity index (χ0v) is 12.5. The summed E-state index contributed by atoms with van der Waals surface area (Å²) in [4.78, 5) is 13.1. The monoisotopic (exact) mass is 306 g/mol. The number of amides is 1. The second-order valence-electron chi connectivity index (χ2n) is 4.14. The van der Waals surface area contributed by atoms with E-state index in [1.165, 1.54) is 11.3 Å². The van der Waals surface area contributed by atoms with E-state index in [1.807, 2.05) is 24.3 Å². The minimum atomic E-state index is -0.152. The fourth-order valence-corrected chi connectivity index (χ4v) is 2.56. The van der Waals surface area contributed by atoms with E-state index < -0.39 is 0 Å². The van der Waals surface area contributed by atoms with Gasteiger partial charge in [-0.1, -0.05) is 24.4 Å². The number of hydrogen-bond donors (Lipinski definition) is 2. The number of thiocarbonyl (C=S) groups is 1. The molecule has 3 N–H and O–H groups in total. The summed E-state index contributed by atoms with van der Waals surface area (Å²) in [5, 5.41) is 4.62. The van der Waals surface area contributed by atoms with Crippen LogP contribution in [0.15, 0.2) is 35.7 Å². The van der Waals surface area contributed by atoms with Crippen molar-refractivity contribution in [2.24, 2.45) is 5.73 Å². The van der Waals surface area contributed by atoms with Crippen molar-refractivity contribution in [1.82, 2.24) is 0 Å². The average molecular weight is 306 g/mol. The minimum Gasteiger partial charge on any atom is -0.496 e. The quantitative estimate of drug-likeness (QED) is 0.834. The molecule has 0 aliphatic heterocycles. The molecule has 104 valence electrons. The molecule has 0 radical (unpaired) electrons. The second-order valence-corrected chi connectivity index (χ2v) is 5.58. The van der Waals surface area contributed by atoms with Gasteiger partial charge < -0.3 is 15.8 Å². The fourth-order valence-electron chi connectivity index (χ4n) is 1.64. The van der Waals surface area contributed by atoms with E-state index in [2.05, 4.69) is 5.32 Å². The number of carbonyl (C=O) groups excluding carboxylic acids is 1. The van der Waals surface area contributed by atoms with Gasteiger partial charge in [-0.25, -0.2) is 0 Å². The van der Waals surface area contributed by atoms with Gasteiger partial charge in [0.05, 0.1) is 17.0 Å². The predicted octanol–water partition coefficient (Wildman–Crippen LogP) is 2.84. The van der Waals surface area contributed by atoms with Crippen molar-refractivity contribution in [2.45, 2.75) is 6.42 Å². The molecule has 0 atom stereocenters. The maximum Gasteiger partial charge on any atom is 0.265 e. The first kappa shape index (κ1) is 14.5. The van der Waals surface area contributed by atoms with E-state index >= 15 is 0 Å². The molecule has 0 aliphatic rings. The van der Waals surface area contributed by atoms with Crippen LogP contribution in [0.1, 0.15) is 15.2 Å². The summed E-state index contributed by atoms with van der Waals surface area (Å²) in [6.07, 6.45) is 0.561. The molecule has 0 saturated heterocycles. The maximum absolute atomic E-state index is 12.0. The predicted molar refractivity (Wildman–Crippen MR) is 85.8 cm³/mol. The second kappa shape index (κ2) is 6.49. The molecule has 0 bridgehead atoms. The summed E-state index contributed by atoms with van der Waals surface area (Å²) in [7, 11) is 1.57. The highest BCUT2D eigenvalue weighted by molar-refractivity contribution is 7.80. The number of methoxy groups -OCH3 is 1. The lowest BCUT2D eigenvalue weighted by Crippen LogP contribution is -2.12. The normalized spacial score (nSPS) is 10.1. The molecule has 2 rings (SSSR count). The summed E-state index contributed by atoms with van der Waals surface area (Å²) in [6, 6.07) is 9.15. The van der Waals surface area contributed by atoms with E-state index in [0.717, 1.165) is 11.3 Å². The Bertz CT molecular complexity index is 620. The van der Waals surface area contributed by atoms with Crippen molar-refractivity contribution in [3.05, 3.63) is 46.2 Å². The minimum absolute atomic E-state index is 0.152. The van der Waals surface area contributed by atoms with Gasteiger partial charge in [-0.2, -0.15) is 0 Å². The van der Waals surface area contributed by atoms with Gasteiger partial charge in [0.1, 0.15) is 5.75 Å². The number of anilines is 1. The molecule has 0 aliphatic carbocycles. The van der Waals surface area contributed by atoms with Crippen LogP contribution in [-0.4, -0.2) is 18.0 Å². The highest BCUT2D eigenvalue weighted by Gasteiger charge is 2.09. The van der Waals surface area contributed by atoms with Gasteiger partial charge in [-0.3, -0.25) is 4.79 Å². The first-order valence-electron chi connectivity index (χ1n) is 5.89. The van der Waals surface area contributed by atoms with Crippen LogP contribution in [0.4, 0.5) is 5.69 Å². The van der Waals surface area contributed by atoms with E-state index in [4.69, 9.17) is 22.7 Å². The third-order valence-electron chi connectivity index (χ3n) is 2.63. The largest absolute Gasteiger partial charge is 0.496 e. The van der Waals surface area contributed by atoms with Gasteiger partial charge in [0.25, 0.3) is 5.91 Å². The summed E-state index contributed by atoms with van der Waals surface area (Å²) >= 11 is 6.20. The lowest BCUT2D eigenvalue weighted by atomic mass is 10.1. The van der Waals surface area contributed by atoms with Gasteiger partial charge in [-0.15, -0.1) is 11.3 Å². The number of carbonyl (C=O) groups is 1. The summed E-state index contributed by atoms with van der Waals surface area (Å²) in [6.45, 7) is 0. The first-order valence-corrected chi connectivity index (χ1v) is 7.18.